The number of rotatable bonds is 5. The molecule has 2 aliphatic heterocycles. The summed E-state index contributed by atoms with van der Waals surface area (Å²) in [5.74, 6) is -2.26. The van der Waals surface area contributed by atoms with Crippen molar-refractivity contribution in [3.8, 4) is 5.75 Å². The molecule has 2 bridgehead atoms. The van der Waals surface area contributed by atoms with Gasteiger partial charge in [-0.1, -0.05) is 38.1 Å². The number of ketones is 1. The Morgan fingerprint density at radius 1 is 1.26 bits per heavy atom. The molecule has 2 aliphatic rings. The van der Waals surface area contributed by atoms with Gasteiger partial charge in [-0.2, -0.15) is 0 Å². The zero-order valence-corrected chi connectivity index (χ0v) is 18.0. The Morgan fingerprint density at radius 2 is 1.97 bits per heavy atom. The Hall–Kier alpha value is -3.10. The van der Waals surface area contributed by atoms with E-state index in [0.29, 0.717) is 12.2 Å². The first-order chi connectivity index (χ1) is 14.8. The van der Waals surface area contributed by atoms with Crippen LogP contribution in [0.5, 0.6) is 5.75 Å². The average Bonchev–Trinajstić information content (AvgIpc) is 2.76. The van der Waals surface area contributed by atoms with Crippen LogP contribution in [-0.4, -0.2) is 51.3 Å². The highest BCUT2D eigenvalue weighted by atomic mass is 16.5. The number of fused-ring (bicyclic) bond motifs is 12. The summed E-state index contributed by atoms with van der Waals surface area (Å²) in [6, 6.07) is 6.48. The molecule has 2 heterocycles. The SMILES string of the molecule is COC(=O)[C@@H]1/C=C/COc2ccc(cc2)C[C@H]([B]OC=N)C(=O)N[C@@H](C(C)C)C(=O)C1. The number of nitrogens with one attached hydrogen (secondary N) is 2. The van der Waals surface area contributed by atoms with Gasteiger partial charge < -0.3 is 19.4 Å². The van der Waals surface area contributed by atoms with Crippen molar-refractivity contribution in [3.63, 3.8) is 0 Å². The third-order valence-corrected chi connectivity index (χ3v) is 4.98. The normalized spacial score (nSPS) is 23.4. The van der Waals surface area contributed by atoms with Gasteiger partial charge in [0.25, 0.3) is 0 Å². The van der Waals surface area contributed by atoms with Crippen LogP contribution in [0.4, 0.5) is 0 Å². The van der Waals surface area contributed by atoms with E-state index in [1.54, 1.807) is 24.3 Å². The molecule has 0 fully saturated rings. The summed E-state index contributed by atoms with van der Waals surface area (Å²) in [7, 11) is 2.54. The number of amides is 1. The molecule has 3 atom stereocenters. The molecule has 0 spiro atoms. The Bertz CT molecular complexity index is 809. The molecule has 9 heteroatoms. The Balaban J connectivity index is 2.36. The molecule has 3 rings (SSSR count). The maximum atomic E-state index is 13.0. The number of hydrogen-bond acceptors (Lipinski definition) is 7. The van der Waals surface area contributed by atoms with E-state index >= 15 is 0 Å². The van der Waals surface area contributed by atoms with E-state index < -0.39 is 29.7 Å². The van der Waals surface area contributed by atoms with Gasteiger partial charge in [0.05, 0.1) is 24.9 Å². The Morgan fingerprint density at radius 3 is 2.58 bits per heavy atom. The molecule has 0 aliphatic carbocycles. The molecule has 1 amide bonds. The predicted molar refractivity (Wildman–Crippen MR) is 116 cm³/mol. The van der Waals surface area contributed by atoms with Gasteiger partial charge in [0, 0.05) is 6.42 Å². The molecule has 2 N–H and O–H groups in total. The first kappa shape index (κ1) is 24.2. The van der Waals surface area contributed by atoms with Crippen molar-refractivity contribution < 1.29 is 28.5 Å². The summed E-state index contributed by atoms with van der Waals surface area (Å²) in [5, 5.41) is 9.88. The molecule has 165 valence electrons. The Labute approximate surface area is 183 Å². The highest BCUT2D eigenvalue weighted by molar-refractivity contribution is 6.39. The fraction of sp³-hybridized carbons (Fsp3) is 0.455. The molecular formula is C22H28BN2O6. The minimum Gasteiger partial charge on any atom is -0.555 e. The second-order valence-electron chi connectivity index (χ2n) is 7.61. The summed E-state index contributed by atoms with van der Waals surface area (Å²) in [5.41, 5.74) is 0.873. The molecule has 0 saturated heterocycles. The van der Waals surface area contributed by atoms with Crippen molar-refractivity contribution in [3.05, 3.63) is 42.0 Å². The molecule has 0 saturated carbocycles. The summed E-state index contributed by atoms with van der Waals surface area (Å²) in [4.78, 5) is 38.1. The highest BCUT2D eigenvalue weighted by Gasteiger charge is 2.31. The summed E-state index contributed by atoms with van der Waals surface area (Å²) in [6.45, 7) is 3.88. The smallest absolute Gasteiger partial charge is 0.384 e. The lowest BCUT2D eigenvalue weighted by Gasteiger charge is -2.25. The topological polar surface area (TPSA) is 115 Å². The first-order valence-electron chi connectivity index (χ1n) is 10.1. The molecule has 0 unspecified atom stereocenters. The van der Waals surface area contributed by atoms with E-state index in [1.807, 2.05) is 26.0 Å². The number of carbonyl (C=O) groups excluding carboxylic acids is 3. The van der Waals surface area contributed by atoms with Crippen LogP contribution in [-0.2, 0) is 30.2 Å². The number of Topliss-reactive ketones (excluding diaryl/α,β-unsaturated/α-hetero) is 1. The van der Waals surface area contributed by atoms with Gasteiger partial charge in [0.1, 0.15) is 18.8 Å². The Kier molecular flexibility index (Phi) is 9.30. The van der Waals surface area contributed by atoms with Crippen LogP contribution in [0.2, 0.25) is 5.82 Å². The van der Waals surface area contributed by atoms with E-state index in [1.165, 1.54) is 14.6 Å². The van der Waals surface area contributed by atoms with Crippen molar-refractivity contribution >= 4 is 31.5 Å². The van der Waals surface area contributed by atoms with Crippen LogP contribution >= 0.6 is 0 Å². The zero-order valence-electron chi connectivity index (χ0n) is 18.0. The van der Waals surface area contributed by atoms with Crippen molar-refractivity contribution in [2.45, 2.75) is 38.5 Å². The van der Waals surface area contributed by atoms with Crippen molar-refractivity contribution in [2.75, 3.05) is 13.7 Å². The van der Waals surface area contributed by atoms with Crippen molar-refractivity contribution in [1.82, 2.24) is 5.32 Å². The van der Waals surface area contributed by atoms with Gasteiger partial charge in [-0.05, 0) is 30.0 Å². The fourth-order valence-corrected chi connectivity index (χ4v) is 3.28. The summed E-state index contributed by atoms with van der Waals surface area (Å²) in [6.07, 6.45) is 4.23. The molecule has 0 aromatic heterocycles. The lowest BCUT2D eigenvalue weighted by atomic mass is 9.74. The third kappa shape index (κ3) is 7.27. The average molecular weight is 427 g/mol. The standard InChI is InChI=1S/C22H28BN2O6/c1-14(2)20-19(26)12-16(22(28)29-3)5-4-10-30-17-8-6-15(7-9-17)11-18(21(27)25-20)23-31-13-24/h4-9,13-14,16,18,20,24H,10-12H2,1-3H3,(H,25,27)/b5-4+,24-13?/t16-,18+,20+/m1/s1. The second kappa shape index (κ2) is 11.9. The van der Waals surface area contributed by atoms with E-state index in [9.17, 15) is 14.4 Å². The lowest BCUT2D eigenvalue weighted by molar-refractivity contribution is -0.145. The zero-order chi connectivity index (χ0) is 22.8. The number of ether oxygens (including phenoxy) is 2. The summed E-state index contributed by atoms with van der Waals surface area (Å²) >= 11 is 0. The molecule has 8 nitrogen and oxygen atoms in total. The maximum Gasteiger partial charge on any atom is 0.384 e. The number of methoxy groups -OCH3 is 1. The minimum absolute atomic E-state index is 0.106. The van der Waals surface area contributed by atoms with Gasteiger partial charge in [-0.25, -0.2) is 0 Å². The van der Waals surface area contributed by atoms with Crippen LogP contribution in [0.25, 0.3) is 0 Å². The first-order valence-corrected chi connectivity index (χ1v) is 10.1. The number of hydrogen-bond donors (Lipinski definition) is 2. The van der Waals surface area contributed by atoms with E-state index in [4.69, 9.17) is 19.5 Å². The van der Waals surface area contributed by atoms with Crippen LogP contribution in [0.1, 0.15) is 25.8 Å². The molecule has 31 heavy (non-hydrogen) atoms. The van der Waals surface area contributed by atoms with Crippen molar-refractivity contribution in [2.24, 2.45) is 11.8 Å². The number of esters is 1. The number of benzene rings is 1. The maximum absolute atomic E-state index is 13.0. The molecule has 1 aromatic carbocycles. The van der Waals surface area contributed by atoms with Gasteiger partial charge in [-0.3, -0.25) is 19.8 Å². The monoisotopic (exact) mass is 427 g/mol. The minimum atomic E-state index is -0.782. The largest absolute Gasteiger partial charge is 0.555 e. The van der Waals surface area contributed by atoms with Crippen LogP contribution in [0.15, 0.2) is 36.4 Å². The molecule has 1 radical (unpaired) electrons. The predicted octanol–water partition coefficient (Wildman–Crippen LogP) is 2.10. The van der Waals surface area contributed by atoms with E-state index in [0.717, 1.165) is 12.0 Å². The molecular weight excluding hydrogens is 399 g/mol. The highest BCUT2D eigenvalue weighted by Crippen LogP contribution is 2.20. The van der Waals surface area contributed by atoms with Crippen LogP contribution in [0, 0.1) is 17.2 Å². The second-order valence-corrected chi connectivity index (χ2v) is 7.61. The fourth-order valence-electron chi connectivity index (χ4n) is 3.28. The molecule has 1 aromatic rings. The van der Waals surface area contributed by atoms with Gasteiger partial charge >= 0.3 is 13.5 Å². The summed E-state index contributed by atoms with van der Waals surface area (Å²) < 4.78 is 15.4. The van der Waals surface area contributed by atoms with Gasteiger partial charge in [0.15, 0.2) is 5.78 Å². The number of carbonyl (C=O) groups is 3. The van der Waals surface area contributed by atoms with Crippen LogP contribution < -0.4 is 10.1 Å². The van der Waals surface area contributed by atoms with Crippen LogP contribution in [0.3, 0.4) is 0 Å². The van der Waals surface area contributed by atoms with Gasteiger partial charge in [-0.15, -0.1) is 0 Å². The van der Waals surface area contributed by atoms with Crippen molar-refractivity contribution in [1.29, 1.82) is 5.41 Å². The third-order valence-electron chi connectivity index (χ3n) is 4.98. The lowest BCUT2D eigenvalue weighted by Crippen LogP contribution is -2.47. The quantitative estimate of drug-likeness (QED) is 0.245. The van der Waals surface area contributed by atoms with E-state index in [2.05, 4.69) is 5.32 Å². The van der Waals surface area contributed by atoms with Gasteiger partial charge in [0.2, 0.25) is 5.91 Å². The van der Waals surface area contributed by atoms with E-state index in [-0.39, 0.29) is 24.7 Å².